The van der Waals surface area contributed by atoms with Gasteiger partial charge >= 0.3 is 0 Å². The normalized spacial score (nSPS) is 31.8. The molecule has 2 saturated heterocycles. The molecule has 2 saturated carbocycles. The van der Waals surface area contributed by atoms with Crippen molar-refractivity contribution < 1.29 is 37.1 Å². The molecule has 41 heavy (non-hydrogen) atoms. The maximum atomic E-state index is 14.0. The molecule has 0 radical (unpaired) electrons. The van der Waals surface area contributed by atoms with E-state index in [1.54, 1.807) is 34.6 Å². The Morgan fingerprint density at radius 2 is 1.71 bits per heavy atom. The van der Waals surface area contributed by atoms with Crippen LogP contribution in [0.3, 0.4) is 0 Å². The van der Waals surface area contributed by atoms with Crippen LogP contribution in [0.25, 0.3) is 0 Å². The number of nitrogens with one attached hydrogen (secondary N) is 3. The van der Waals surface area contributed by atoms with Crippen LogP contribution in [0.2, 0.25) is 0 Å². The van der Waals surface area contributed by atoms with Gasteiger partial charge in [0.05, 0.1) is 12.5 Å². The van der Waals surface area contributed by atoms with Crippen LogP contribution in [0.15, 0.2) is 0 Å². The second-order valence-corrected chi connectivity index (χ2v) is 14.6. The summed E-state index contributed by atoms with van der Waals surface area (Å²) in [6.07, 6.45) is -0.267. The van der Waals surface area contributed by atoms with Crippen LogP contribution >= 0.6 is 11.6 Å². The van der Waals surface area contributed by atoms with Crippen LogP contribution in [0.5, 0.6) is 0 Å². The van der Waals surface area contributed by atoms with Crippen molar-refractivity contribution in [3.8, 4) is 0 Å². The second-order valence-electron chi connectivity index (χ2n) is 14.2. The molecule has 10 nitrogen and oxygen atoms in total. The van der Waals surface area contributed by atoms with E-state index in [4.69, 9.17) is 11.6 Å². The average molecular weight is 606 g/mol. The van der Waals surface area contributed by atoms with Crippen molar-refractivity contribution in [1.82, 2.24) is 26.0 Å². The van der Waals surface area contributed by atoms with Crippen LogP contribution in [0, 0.1) is 34.5 Å². The van der Waals surface area contributed by atoms with E-state index >= 15 is 0 Å². The maximum absolute atomic E-state index is 14.0. The number of rotatable bonds is 7. The van der Waals surface area contributed by atoms with Gasteiger partial charge in [-0.15, -0.1) is 0 Å². The Hall–Kier alpha value is -2.57. The summed E-state index contributed by atoms with van der Waals surface area (Å²) in [5.41, 5.74) is -1.84. The summed E-state index contributed by atoms with van der Waals surface area (Å²) in [6, 6.07) is -2.30. The van der Waals surface area contributed by atoms with Crippen LogP contribution < -0.4 is 16.1 Å². The Kier molecular flexibility index (Phi) is 7.66. The highest BCUT2D eigenvalue weighted by molar-refractivity contribution is 6.29. The minimum atomic E-state index is -3.12. The quantitative estimate of drug-likeness (QED) is 0.302. The van der Waals surface area contributed by atoms with E-state index in [1.165, 1.54) is 4.90 Å². The zero-order valence-corrected chi connectivity index (χ0v) is 25.1. The molecule has 4 fully saturated rings. The standard InChI is InChI=1S/C27H39ClF3N5O5/c1-24(2,3)17(32-20(38)13-9-27(13,30)31)22(40)35-11-14-15(26(14,6)7)16(35)21(39)34-36(23(41)18(28)29)10-12-8-25(4,5)33-19(12)37/h12-18H,8-11H2,1-7H3,(H,32,38)(H,33,37)(H,34,39)/t12-,13+,14+,15+,16+,17-,18+/m1/s1. The summed E-state index contributed by atoms with van der Waals surface area (Å²) in [5.74, 6) is -9.68. The Bertz CT molecular complexity index is 1160. The number of likely N-dealkylation sites (tertiary alicyclic amines) is 1. The van der Waals surface area contributed by atoms with E-state index in [-0.39, 0.29) is 36.2 Å². The third-order valence-electron chi connectivity index (χ3n) is 8.99. The number of hydrazine groups is 1. The lowest BCUT2D eigenvalue weighted by atomic mass is 9.85. The Morgan fingerprint density at radius 1 is 1.12 bits per heavy atom. The maximum Gasteiger partial charge on any atom is 0.291 e. The van der Waals surface area contributed by atoms with E-state index in [0.717, 1.165) is 0 Å². The first kappa shape index (κ1) is 31.4. The second kappa shape index (κ2) is 10.0. The fourth-order valence-corrected chi connectivity index (χ4v) is 6.56. The molecule has 0 aromatic heterocycles. The van der Waals surface area contributed by atoms with E-state index in [2.05, 4.69) is 16.1 Å². The number of carbonyl (C=O) groups excluding carboxylic acids is 5. The highest BCUT2D eigenvalue weighted by Crippen LogP contribution is 2.65. The lowest BCUT2D eigenvalue weighted by Crippen LogP contribution is -2.61. The molecule has 14 heteroatoms. The molecule has 3 N–H and O–H groups in total. The van der Waals surface area contributed by atoms with Gasteiger partial charge in [0.15, 0.2) is 0 Å². The fraction of sp³-hybridized carbons (Fsp3) is 0.815. The molecule has 0 aromatic rings. The van der Waals surface area contributed by atoms with E-state index < -0.39 is 76.5 Å². The summed E-state index contributed by atoms with van der Waals surface area (Å²) >= 11 is 5.43. The monoisotopic (exact) mass is 605 g/mol. The van der Waals surface area contributed by atoms with Gasteiger partial charge in [-0.1, -0.05) is 46.2 Å². The van der Waals surface area contributed by atoms with Gasteiger partial charge in [0.25, 0.3) is 23.4 Å². The first-order chi connectivity index (χ1) is 18.6. The molecule has 2 aliphatic heterocycles. The van der Waals surface area contributed by atoms with Crippen molar-refractivity contribution >= 4 is 41.1 Å². The van der Waals surface area contributed by atoms with Gasteiger partial charge in [-0.25, -0.2) is 18.2 Å². The number of hydrogen-bond acceptors (Lipinski definition) is 5. The van der Waals surface area contributed by atoms with Gasteiger partial charge in [-0.2, -0.15) is 0 Å². The number of hydrogen-bond donors (Lipinski definition) is 3. The molecule has 0 bridgehead atoms. The summed E-state index contributed by atoms with van der Waals surface area (Å²) < 4.78 is 41.1. The van der Waals surface area contributed by atoms with Crippen LogP contribution in [-0.4, -0.2) is 81.7 Å². The molecule has 0 unspecified atom stereocenters. The molecule has 2 heterocycles. The topological polar surface area (TPSA) is 128 Å². The molecule has 0 aromatic carbocycles. The van der Waals surface area contributed by atoms with Gasteiger partial charge in [-0.05, 0) is 42.9 Å². The van der Waals surface area contributed by atoms with Crippen LogP contribution in [0.4, 0.5) is 13.2 Å². The van der Waals surface area contributed by atoms with E-state index in [1.807, 2.05) is 13.8 Å². The highest BCUT2D eigenvalue weighted by Gasteiger charge is 2.70. The zero-order valence-electron chi connectivity index (χ0n) is 24.3. The van der Waals surface area contributed by atoms with Gasteiger partial charge in [0, 0.05) is 18.5 Å². The highest BCUT2D eigenvalue weighted by atomic mass is 35.5. The number of alkyl halides is 4. The number of carbonyl (C=O) groups is 5. The van der Waals surface area contributed by atoms with E-state index in [9.17, 15) is 37.1 Å². The lowest BCUT2D eigenvalue weighted by molar-refractivity contribution is -0.151. The number of piperidine rings is 1. The van der Waals surface area contributed by atoms with Crippen molar-refractivity contribution in [3.05, 3.63) is 0 Å². The van der Waals surface area contributed by atoms with Crippen molar-refractivity contribution in [1.29, 1.82) is 0 Å². The Morgan fingerprint density at radius 3 is 2.17 bits per heavy atom. The first-order valence-electron chi connectivity index (χ1n) is 13.8. The molecule has 5 amide bonds. The summed E-state index contributed by atoms with van der Waals surface area (Å²) in [6.45, 7) is 12.3. The number of fused-ring (bicyclic) bond motifs is 1. The smallest absolute Gasteiger partial charge is 0.291 e. The molecular weight excluding hydrogens is 567 g/mol. The van der Waals surface area contributed by atoms with Crippen molar-refractivity contribution in [2.75, 3.05) is 13.1 Å². The van der Waals surface area contributed by atoms with E-state index in [0.29, 0.717) is 11.4 Å². The number of amides is 5. The SMILES string of the molecule is CC1(C)C[C@H](CN(NC(=O)[C@@H]2[C@@H]3[C@H](CN2C(=O)[C@@H](NC(=O)[C@@H]2CC2(F)F)C(C)(C)C)C3(C)C)C(=O)[C@H](F)Cl)C(=O)N1. The van der Waals surface area contributed by atoms with Crippen LogP contribution in [0.1, 0.15) is 61.3 Å². The molecule has 2 aliphatic carbocycles. The fourth-order valence-electron chi connectivity index (χ4n) is 6.44. The molecule has 230 valence electrons. The van der Waals surface area contributed by atoms with Crippen molar-refractivity contribution in [3.63, 3.8) is 0 Å². The summed E-state index contributed by atoms with van der Waals surface area (Å²) in [5, 5.41) is 5.95. The minimum absolute atomic E-state index is 0.0706. The third kappa shape index (κ3) is 6.01. The average Bonchev–Trinajstić information content (AvgIpc) is 3.43. The van der Waals surface area contributed by atoms with Crippen molar-refractivity contribution in [2.24, 2.45) is 34.5 Å². The molecule has 0 spiro atoms. The zero-order chi connectivity index (χ0) is 31.0. The lowest BCUT2D eigenvalue weighted by Gasteiger charge is -2.38. The Labute approximate surface area is 242 Å². The van der Waals surface area contributed by atoms with Gasteiger partial charge in [0.1, 0.15) is 18.0 Å². The number of halogens is 4. The minimum Gasteiger partial charge on any atom is -0.351 e. The van der Waals surface area contributed by atoms with Crippen molar-refractivity contribution in [2.45, 2.75) is 90.5 Å². The summed E-state index contributed by atoms with van der Waals surface area (Å²) in [4.78, 5) is 66.6. The third-order valence-corrected chi connectivity index (χ3v) is 9.18. The van der Waals surface area contributed by atoms with Gasteiger partial charge in [-0.3, -0.25) is 29.4 Å². The number of nitrogens with zero attached hydrogens (tertiary/aromatic N) is 2. The van der Waals surface area contributed by atoms with Gasteiger partial charge < -0.3 is 15.5 Å². The summed E-state index contributed by atoms with van der Waals surface area (Å²) in [7, 11) is 0. The van der Waals surface area contributed by atoms with Gasteiger partial charge in [0.2, 0.25) is 17.7 Å². The first-order valence-corrected chi connectivity index (χ1v) is 14.2. The predicted octanol–water partition coefficient (Wildman–Crippen LogP) is 1.96. The molecular formula is C27H39ClF3N5O5. The predicted molar refractivity (Wildman–Crippen MR) is 142 cm³/mol. The largest absolute Gasteiger partial charge is 0.351 e. The molecule has 7 atom stereocenters. The van der Waals surface area contributed by atoms with Crippen LogP contribution in [-0.2, 0) is 24.0 Å². The Balaban J connectivity index is 1.56. The molecule has 4 aliphatic rings. The molecule has 4 rings (SSSR count).